The second-order valence-electron chi connectivity index (χ2n) is 4.14. The van der Waals surface area contributed by atoms with Crippen LogP contribution in [0.15, 0.2) is 24.3 Å². The highest BCUT2D eigenvalue weighted by molar-refractivity contribution is 14.1. The Morgan fingerprint density at radius 2 is 1.93 bits per heavy atom. The monoisotopic (exact) mass is 318 g/mol. The van der Waals surface area contributed by atoms with Gasteiger partial charge in [-0.25, -0.2) is 0 Å². The molecule has 3 heteroatoms. The number of rotatable bonds is 3. The first-order valence-corrected chi connectivity index (χ1v) is 5.97. The number of carboxylic acid groups (broad SMARTS) is 1. The minimum atomic E-state index is -0.808. The lowest BCUT2D eigenvalue weighted by Crippen LogP contribution is -2.38. The molecule has 0 amide bonds. The number of carbonyl (C=O) groups is 1. The van der Waals surface area contributed by atoms with Crippen molar-refractivity contribution in [2.75, 3.05) is 0 Å². The summed E-state index contributed by atoms with van der Waals surface area (Å²) in [7, 11) is 0. The average Bonchev–Trinajstić information content (AvgIpc) is 2.16. The highest BCUT2D eigenvalue weighted by Crippen LogP contribution is 2.34. The maximum atomic E-state index is 11.4. The SMILES string of the molecule is CC(C)C(C)(C(=O)O)c1ccccc1I. The summed E-state index contributed by atoms with van der Waals surface area (Å²) in [5, 5.41) is 9.38. The van der Waals surface area contributed by atoms with Crippen molar-refractivity contribution in [2.24, 2.45) is 5.92 Å². The predicted octanol–water partition coefficient (Wildman–Crippen LogP) is 3.29. The van der Waals surface area contributed by atoms with Crippen LogP contribution in [0.25, 0.3) is 0 Å². The summed E-state index contributed by atoms with van der Waals surface area (Å²) in [6.07, 6.45) is 0. The van der Waals surface area contributed by atoms with Gasteiger partial charge >= 0.3 is 5.97 Å². The van der Waals surface area contributed by atoms with Crippen LogP contribution >= 0.6 is 22.6 Å². The van der Waals surface area contributed by atoms with Gasteiger partial charge in [0.15, 0.2) is 0 Å². The summed E-state index contributed by atoms with van der Waals surface area (Å²) in [4.78, 5) is 11.4. The Morgan fingerprint density at radius 1 is 1.40 bits per heavy atom. The van der Waals surface area contributed by atoms with E-state index in [9.17, 15) is 9.90 Å². The maximum Gasteiger partial charge on any atom is 0.314 e. The number of hydrogen-bond acceptors (Lipinski definition) is 1. The molecule has 0 fully saturated rings. The first-order chi connectivity index (χ1) is 6.90. The normalized spacial score (nSPS) is 15.0. The number of carboxylic acids is 1. The third kappa shape index (κ3) is 2.17. The summed E-state index contributed by atoms with van der Waals surface area (Å²) in [6.45, 7) is 5.67. The van der Waals surface area contributed by atoms with Crippen molar-refractivity contribution < 1.29 is 9.90 Å². The van der Waals surface area contributed by atoms with Gasteiger partial charge in [0.2, 0.25) is 0 Å². The van der Waals surface area contributed by atoms with Gasteiger partial charge in [-0.3, -0.25) is 4.79 Å². The number of benzene rings is 1. The van der Waals surface area contributed by atoms with Gasteiger partial charge in [0.25, 0.3) is 0 Å². The largest absolute Gasteiger partial charge is 0.481 e. The van der Waals surface area contributed by atoms with E-state index in [1.807, 2.05) is 38.1 Å². The summed E-state index contributed by atoms with van der Waals surface area (Å²) in [6, 6.07) is 7.66. The number of hydrogen-bond donors (Lipinski definition) is 1. The minimum Gasteiger partial charge on any atom is -0.481 e. The molecule has 0 bridgehead atoms. The van der Waals surface area contributed by atoms with Crippen molar-refractivity contribution in [1.82, 2.24) is 0 Å². The van der Waals surface area contributed by atoms with Gasteiger partial charge in [0.1, 0.15) is 0 Å². The van der Waals surface area contributed by atoms with Gasteiger partial charge in [-0.1, -0.05) is 32.0 Å². The van der Waals surface area contributed by atoms with E-state index in [4.69, 9.17) is 0 Å². The van der Waals surface area contributed by atoms with Gasteiger partial charge in [0, 0.05) is 3.57 Å². The first-order valence-electron chi connectivity index (χ1n) is 4.89. The summed E-state index contributed by atoms with van der Waals surface area (Å²) in [5.41, 5.74) is 0.0886. The minimum absolute atomic E-state index is 0.0610. The van der Waals surface area contributed by atoms with E-state index in [-0.39, 0.29) is 5.92 Å². The summed E-state index contributed by atoms with van der Waals surface area (Å²) < 4.78 is 1.01. The van der Waals surface area contributed by atoms with Crippen molar-refractivity contribution in [3.8, 4) is 0 Å². The van der Waals surface area contributed by atoms with Crippen LogP contribution in [0.1, 0.15) is 26.3 Å². The maximum absolute atomic E-state index is 11.4. The van der Waals surface area contributed by atoms with E-state index >= 15 is 0 Å². The molecule has 0 aliphatic carbocycles. The van der Waals surface area contributed by atoms with E-state index in [1.54, 1.807) is 6.92 Å². The fourth-order valence-corrected chi connectivity index (χ4v) is 2.50. The van der Waals surface area contributed by atoms with Crippen molar-refractivity contribution in [3.63, 3.8) is 0 Å². The lowest BCUT2D eigenvalue weighted by molar-refractivity contribution is -0.145. The third-order valence-electron chi connectivity index (χ3n) is 3.03. The molecule has 82 valence electrons. The molecular weight excluding hydrogens is 303 g/mol. The van der Waals surface area contributed by atoms with Crippen LogP contribution < -0.4 is 0 Å². The topological polar surface area (TPSA) is 37.3 Å². The van der Waals surface area contributed by atoms with E-state index in [0.717, 1.165) is 9.13 Å². The standard InChI is InChI=1S/C12H15IO2/c1-8(2)12(3,11(14)15)9-6-4-5-7-10(9)13/h4-8H,1-3H3,(H,14,15). The Kier molecular flexibility index (Phi) is 3.76. The molecule has 0 saturated heterocycles. The molecular formula is C12H15IO2. The molecule has 1 aromatic rings. The quantitative estimate of drug-likeness (QED) is 0.869. The molecule has 0 saturated carbocycles. The van der Waals surface area contributed by atoms with Crippen LogP contribution in [-0.2, 0) is 10.2 Å². The molecule has 1 rings (SSSR count). The smallest absolute Gasteiger partial charge is 0.314 e. The fraction of sp³-hybridized carbons (Fsp3) is 0.417. The molecule has 1 N–H and O–H groups in total. The van der Waals surface area contributed by atoms with E-state index in [2.05, 4.69) is 22.6 Å². The highest BCUT2D eigenvalue weighted by atomic mass is 127. The van der Waals surface area contributed by atoms with Crippen LogP contribution in [0.3, 0.4) is 0 Å². The molecule has 0 aliphatic rings. The van der Waals surface area contributed by atoms with Gasteiger partial charge in [0.05, 0.1) is 5.41 Å². The molecule has 1 unspecified atom stereocenters. The lowest BCUT2D eigenvalue weighted by Gasteiger charge is -2.30. The van der Waals surface area contributed by atoms with E-state index in [0.29, 0.717) is 0 Å². The van der Waals surface area contributed by atoms with Gasteiger partial charge in [-0.05, 0) is 47.1 Å². The Bertz CT molecular complexity index is 374. The van der Waals surface area contributed by atoms with Crippen LogP contribution in [-0.4, -0.2) is 11.1 Å². The lowest BCUT2D eigenvalue weighted by atomic mass is 9.73. The zero-order valence-corrected chi connectivity index (χ0v) is 11.3. The molecule has 1 aromatic carbocycles. The van der Waals surface area contributed by atoms with Crippen molar-refractivity contribution >= 4 is 28.6 Å². The Morgan fingerprint density at radius 3 is 2.33 bits per heavy atom. The number of aliphatic carboxylic acids is 1. The molecule has 0 spiro atoms. The first kappa shape index (κ1) is 12.5. The van der Waals surface area contributed by atoms with Crippen LogP contribution in [0.4, 0.5) is 0 Å². The van der Waals surface area contributed by atoms with Gasteiger partial charge < -0.3 is 5.11 Å². The van der Waals surface area contributed by atoms with Gasteiger partial charge in [-0.15, -0.1) is 0 Å². The van der Waals surface area contributed by atoms with Crippen molar-refractivity contribution in [2.45, 2.75) is 26.2 Å². The van der Waals surface area contributed by atoms with Gasteiger partial charge in [-0.2, -0.15) is 0 Å². The Balaban J connectivity index is 3.34. The Hall–Kier alpha value is -0.580. The zero-order chi connectivity index (χ0) is 11.6. The summed E-state index contributed by atoms with van der Waals surface area (Å²) >= 11 is 2.19. The second kappa shape index (κ2) is 4.51. The Labute approximate surface area is 104 Å². The summed E-state index contributed by atoms with van der Waals surface area (Å²) in [5.74, 6) is -0.701. The molecule has 2 nitrogen and oxygen atoms in total. The fourth-order valence-electron chi connectivity index (χ4n) is 1.56. The molecule has 0 aliphatic heterocycles. The molecule has 15 heavy (non-hydrogen) atoms. The molecule has 0 heterocycles. The van der Waals surface area contributed by atoms with E-state index in [1.165, 1.54) is 0 Å². The van der Waals surface area contributed by atoms with Crippen LogP contribution in [0.2, 0.25) is 0 Å². The zero-order valence-electron chi connectivity index (χ0n) is 9.12. The molecule has 1 atom stereocenters. The van der Waals surface area contributed by atoms with Crippen LogP contribution in [0, 0.1) is 9.49 Å². The highest BCUT2D eigenvalue weighted by Gasteiger charge is 2.39. The molecule has 0 radical (unpaired) electrons. The molecule has 0 aromatic heterocycles. The predicted molar refractivity (Wildman–Crippen MR) is 69.0 cm³/mol. The second-order valence-corrected chi connectivity index (χ2v) is 5.30. The van der Waals surface area contributed by atoms with Crippen molar-refractivity contribution in [3.05, 3.63) is 33.4 Å². The van der Waals surface area contributed by atoms with E-state index < -0.39 is 11.4 Å². The van der Waals surface area contributed by atoms with Crippen molar-refractivity contribution in [1.29, 1.82) is 0 Å². The number of halogens is 1. The van der Waals surface area contributed by atoms with Crippen LogP contribution in [0.5, 0.6) is 0 Å². The average molecular weight is 318 g/mol. The third-order valence-corrected chi connectivity index (χ3v) is 3.97.